The summed E-state index contributed by atoms with van der Waals surface area (Å²) in [6, 6.07) is 7.94. The molecule has 118 valence electrons. The first-order valence-electron chi connectivity index (χ1n) is 7.16. The maximum atomic E-state index is 14.1. The molecule has 0 atom stereocenters. The van der Waals surface area contributed by atoms with E-state index in [-0.39, 0.29) is 5.91 Å². The average molecular weight is 333 g/mol. The number of halogens is 2. The third-order valence-corrected chi connectivity index (χ3v) is 4.08. The molecule has 0 bridgehead atoms. The van der Waals surface area contributed by atoms with E-state index >= 15 is 0 Å². The van der Waals surface area contributed by atoms with Gasteiger partial charge in [0.25, 0.3) is 5.91 Å². The highest BCUT2D eigenvalue weighted by atomic mass is 35.5. The monoisotopic (exact) mass is 332 g/mol. The molecular weight excluding hydrogens is 319 g/mol. The molecule has 1 aliphatic rings. The van der Waals surface area contributed by atoms with Crippen molar-refractivity contribution < 1.29 is 9.18 Å². The summed E-state index contributed by atoms with van der Waals surface area (Å²) in [5.41, 5.74) is 1.20. The first kappa shape index (κ1) is 15.4. The van der Waals surface area contributed by atoms with Crippen LogP contribution in [0.5, 0.6) is 0 Å². The number of hydrogen-bond donors (Lipinski definition) is 1. The van der Waals surface area contributed by atoms with Crippen LogP contribution in [0.1, 0.15) is 16.1 Å². The average Bonchev–Trinajstić information content (AvgIpc) is 3.00. The number of carbonyl (C=O) groups excluding carboxylic acids is 1. The number of nitriles is 1. The summed E-state index contributed by atoms with van der Waals surface area (Å²) in [7, 11) is 0. The van der Waals surface area contributed by atoms with Gasteiger partial charge in [0.05, 0.1) is 22.3 Å². The van der Waals surface area contributed by atoms with Gasteiger partial charge in [-0.1, -0.05) is 11.6 Å². The minimum atomic E-state index is -0.417. The van der Waals surface area contributed by atoms with E-state index in [1.54, 1.807) is 29.3 Å². The van der Waals surface area contributed by atoms with Crippen LogP contribution in [-0.4, -0.2) is 42.0 Å². The maximum absolute atomic E-state index is 14.1. The van der Waals surface area contributed by atoms with E-state index in [1.807, 2.05) is 11.0 Å². The smallest absolute Gasteiger partial charge is 0.270 e. The minimum Gasteiger partial charge on any atom is -0.366 e. The molecule has 2 aromatic rings. The van der Waals surface area contributed by atoms with Gasteiger partial charge in [-0.05, 0) is 24.3 Å². The van der Waals surface area contributed by atoms with Crippen LogP contribution < -0.4 is 4.90 Å². The highest BCUT2D eigenvalue weighted by Gasteiger charge is 2.24. The van der Waals surface area contributed by atoms with Gasteiger partial charge in [0.2, 0.25) is 0 Å². The summed E-state index contributed by atoms with van der Waals surface area (Å²) in [5.74, 6) is -0.531. The van der Waals surface area contributed by atoms with Crippen molar-refractivity contribution in [2.75, 3.05) is 31.1 Å². The van der Waals surface area contributed by atoms with E-state index in [1.165, 1.54) is 6.07 Å². The lowest BCUT2D eigenvalue weighted by atomic mass is 10.1. The second-order valence-electron chi connectivity index (χ2n) is 5.29. The number of aromatic amines is 1. The van der Waals surface area contributed by atoms with E-state index in [9.17, 15) is 9.18 Å². The van der Waals surface area contributed by atoms with E-state index in [0.29, 0.717) is 48.1 Å². The fraction of sp³-hybridized carbons (Fsp3) is 0.250. The summed E-state index contributed by atoms with van der Waals surface area (Å²) in [6.45, 7) is 2.05. The Morgan fingerprint density at radius 1 is 1.26 bits per heavy atom. The molecule has 1 amide bonds. The maximum Gasteiger partial charge on any atom is 0.270 e. The SMILES string of the molecule is N#Cc1ccc(N2CCN(C(=O)c3cc(Cl)c[nH]3)CC2)c(F)c1. The van der Waals surface area contributed by atoms with Gasteiger partial charge < -0.3 is 14.8 Å². The van der Waals surface area contributed by atoms with Crippen molar-refractivity contribution in [2.24, 2.45) is 0 Å². The Hall–Kier alpha value is -2.52. The molecular formula is C16H14ClFN4O. The summed E-state index contributed by atoms with van der Waals surface area (Å²) >= 11 is 5.81. The standard InChI is InChI=1S/C16H14ClFN4O/c17-12-8-14(20-10-12)16(23)22-5-3-21(4-6-22)15-2-1-11(9-19)7-13(15)18/h1-2,7-8,10,20H,3-6H2. The topological polar surface area (TPSA) is 63.1 Å². The van der Waals surface area contributed by atoms with Gasteiger partial charge in [0.1, 0.15) is 11.5 Å². The van der Waals surface area contributed by atoms with Crippen LogP contribution in [0.15, 0.2) is 30.5 Å². The molecule has 0 saturated carbocycles. The van der Waals surface area contributed by atoms with Gasteiger partial charge in [-0.2, -0.15) is 5.26 Å². The number of benzene rings is 1. The number of piperazine rings is 1. The Labute approximate surface area is 137 Å². The van der Waals surface area contributed by atoms with E-state index < -0.39 is 5.82 Å². The number of amides is 1. The summed E-state index contributed by atoms with van der Waals surface area (Å²) in [6.07, 6.45) is 1.57. The minimum absolute atomic E-state index is 0.114. The molecule has 5 nitrogen and oxygen atoms in total. The van der Waals surface area contributed by atoms with Crippen LogP contribution in [0, 0.1) is 17.1 Å². The Morgan fingerprint density at radius 2 is 2.00 bits per heavy atom. The van der Waals surface area contributed by atoms with Crippen molar-refractivity contribution in [3.8, 4) is 6.07 Å². The Morgan fingerprint density at radius 3 is 2.57 bits per heavy atom. The zero-order valence-electron chi connectivity index (χ0n) is 12.2. The van der Waals surface area contributed by atoms with Crippen molar-refractivity contribution in [3.05, 3.63) is 52.6 Å². The number of hydrogen-bond acceptors (Lipinski definition) is 3. The molecule has 0 unspecified atom stereocenters. The zero-order chi connectivity index (χ0) is 16.4. The molecule has 1 N–H and O–H groups in total. The number of carbonyl (C=O) groups is 1. The van der Waals surface area contributed by atoms with Crippen molar-refractivity contribution in [1.82, 2.24) is 9.88 Å². The van der Waals surface area contributed by atoms with Crippen molar-refractivity contribution in [3.63, 3.8) is 0 Å². The fourth-order valence-electron chi connectivity index (χ4n) is 2.65. The van der Waals surface area contributed by atoms with Crippen LogP contribution in [0.3, 0.4) is 0 Å². The number of aromatic nitrogens is 1. The van der Waals surface area contributed by atoms with Gasteiger partial charge in [0.15, 0.2) is 0 Å². The van der Waals surface area contributed by atoms with Crippen molar-refractivity contribution in [1.29, 1.82) is 5.26 Å². The normalized spacial score (nSPS) is 14.7. The van der Waals surface area contributed by atoms with Crippen molar-refractivity contribution >= 4 is 23.2 Å². The number of nitrogens with zero attached hydrogens (tertiary/aromatic N) is 3. The van der Waals surface area contributed by atoms with E-state index in [0.717, 1.165) is 0 Å². The van der Waals surface area contributed by atoms with Crippen LogP contribution >= 0.6 is 11.6 Å². The molecule has 0 radical (unpaired) electrons. The number of H-pyrrole nitrogens is 1. The van der Waals surface area contributed by atoms with Crippen molar-refractivity contribution in [2.45, 2.75) is 0 Å². The number of rotatable bonds is 2. The molecule has 1 aromatic carbocycles. The molecule has 0 spiro atoms. The van der Waals surface area contributed by atoms with Crippen LogP contribution in [0.25, 0.3) is 0 Å². The lowest BCUT2D eigenvalue weighted by molar-refractivity contribution is 0.0741. The Bertz CT molecular complexity index is 775. The largest absolute Gasteiger partial charge is 0.366 e. The highest BCUT2D eigenvalue weighted by Crippen LogP contribution is 2.22. The second-order valence-corrected chi connectivity index (χ2v) is 5.73. The zero-order valence-corrected chi connectivity index (χ0v) is 13.0. The molecule has 23 heavy (non-hydrogen) atoms. The predicted octanol–water partition coefficient (Wildman–Crippen LogP) is 2.64. The molecule has 1 saturated heterocycles. The summed E-state index contributed by atoms with van der Waals surface area (Å²) < 4.78 is 14.1. The highest BCUT2D eigenvalue weighted by molar-refractivity contribution is 6.30. The van der Waals surface area contributed by atoms with Gasteiger partial charge in [-0.3, -0.25) is 4.79 Å². The third kappa shape index (κ3) is 3.15. The summed E-state index contributed by atoms with van der Waals surface area (Å²) in [4.78, 5) is 18.7. The van der Waals surface area contributed by atoms with Crippen LogP contribution in [0.2, 0.25) is 5.02 Å². The van der Waals surface area contributed by atoms with Gasteiger partial charge in [0, 0.05) is 32.4 Å². The van der Waals surface area contributed by atoms with E-state index in [4.69, 9.17) is 16.9 Å². The first-order valence-corrected chi connectivity index (χ1v) is 7.54. The Balaban J connectivity index is 1.67. The predicted molar refractivity (Wildman–Crippen MR) is 85.0 cm³/mol. The molecule has 2 heterocycles. The lowest BCUT2D eigenvalue weighted by Gasteiger charge is -2.36. The summed E-state index contributed by atoms with van der Waals surface area (Å²) in [5, 5.41) is 9.27. The van der Waals surface area contributed by atoms with Gasteiger partial charge in [-0.15, -0.1) is 0 Å². The molecule has 1 aliphatic heterocycles. The quantitative estimate of drug-likeness (QED) is 0.919. The van der Waals surface area contributed by atoms with Crippen LogP contribution in [-0.2, 0) is 0 Å². The number of anilines is 1. The fourth-order valence-corrected chi connectivity index (χ4v) is 2.81. The van der Waals surface area contributed by atoms with Gasteiger partial charge in [-0.25, -0.2) is 4.39 Å². The molecule has 1 fully saturated rings. The second kappa shape index (κ2) is 6.31. The molecule has 0 aliphatic carbocycles. The number of nitrogens with one attached hydrogen (secondary N) is 1. The Kier molecular flexibility index (Phi) is 4.22. The van der Waals surface area contributed by atoms with Crippen LogP contribution in [0.4, 0.5) is 10.1 Å². The van der Waals surface area contributed by atoms with E-state index in [2.05, 4.69) is 4.98 Å². The first-order chi connectivity index (χ1) is 11.1. The lowest BCUT2D eigenvalue weighted by Crippen LogP contribution is -2.49. The van der Waals surface area contributed by atoms with Gasteiger partial charge >= 0.3 is 0 Å². The molecule has 3 rings (SSSR count). The third-order valence-electron chi connectivity index (χ3n) is 3.86. The molecule has 7 heteroatoms. The molecule has 1 aromatic heterocycles.